The summed E-state index contributed by atoms with van der Waals surface area (Å²) in [5, 5.41) is 12.1. The minimum absolute atomic E-state index is 0.297. The molecule has 4 nitrogen and oxygen atoms in total. The number of aromatic carboxylic acids is 1. The maximum absolute atomic E-state index is 11.0. The van der Waals surface area contributed by atoms with E-state index in [1.165, 1.54) is 0 Å². The molecule has 1 aromatic carbocycles. The fraction of sp³-hybridized carbons (Fsp3) is 0.273. The second kappa shape index (κ2) is 4.13. The van der Waals surface area contributed by atoms with Crippen LogP contribution in [0.4, 0.5) is 0 Å². The summed E-state index contributed by atoms with van der Waals surface area (Å²) in [6, 6.07) is 6.91. The third-order valence-electron chi connectivity index (χ3n) is 2.31. The number of carboxylic acids is 1. The molecule has 0 saturated heterocycles. The van der Waals surface area contributed by atoms with Gasteiger partial charge in [0.1, 0.15) is 5.84 Å². The highest BCUT2D eigenvalue weighted by Crippen LogP contribution is 2.10. The molecule has 0 saturated carbocycles. The number of benzene rings is 1. The van der Waals surface area contributed by atoms with Gasteiger partial charge in [-0.05, 0) is 12.5 Å². The second-order valence-electron chi connectivity index (χ2n) is 3.36. The standard InChI is InChI=1S/C11H12N2O2/c14-11(15)9-5-2-1-4-8(9)10-12-6-3-7-13-10/h1-2,4-5H,3,6-7H2,(H,12,13)(H,14,15). The van der Waals surface area contributed by atoms with Crippen LogP contribution in [0.5, 0.6) is 0 Å². The monoisotopic (exact) mass is 204 g/mol. The minimum atomic E-state index is -0.916. The second-order valence-corrected chi connectivity index (χ2v) is 3.36. The Balaban J connectivity index is 2.42. The van der Waals surface area contributed by atoms with E-state index in [4.69, 9.17) is 5.11 Å². The van der Waals surface area contributed by atoms with E-state index in [0.717, 1.165) is 19.5 Å². The quantitative estimate of drug-likeness (QED) is 0.759. The number of hydrogen-bond acceptors (Lipinski definition) is 3. The molecule has 1 aliphatic heterocycles. The molecule has 4 heteroatoms. The van der Waals surface area contributed by atoms with Crippen LogP contribution in [0.15, 0.2) is 29.3 Å². The van der Waals surface area contributed by atoms with Gasteiger partial charge in [0.2, 0.25) is 0 Å². The molecule has 0 atom stereocenters. The average Bonchev–Trinajstić information content (AvgIpc) is 2.30. The van der Waals surface area contributed by atoms with Gasteiger partial charge in [-0.25, -0.2) is 4.79 Å². The number of carbonyl (C=O) groups is 1. The normalized spacial score (nSPS) is 15.3. The SMILES string of the molecule is O=C(O)c1ccccc1C1=NCCCN1. The lowest BCUT2D eigenvalue weighted by Gasteiger charge is -2.15. The molecule has 0 unspecified atom stereocenters. The van der Waals surface area contributed by atoms with E-state index in [-0.39, 0.29) is 0 Å². The Morgan fingerprint density at radius 2 is 2.20 bits per heavy atom. The summed E-state index contributed by atoms with van der Waals surface area (Å²) in [6.07, 6.45) is 0.999. The molecule has 1 aromatic rings. The van der Waals surface area contributed by atoms with E-state index in [2.05, 4.69) is 10.3 Å². The van der Waals surface area contributed by atoms with Gasteiger partial charge in [-0.2, -0.15) is 0 Å². The largest absolute Gasteiger partial charge is 0.478 e. The van der Waals surface area contributed by atoms with Crippen LogP contribution in [0.3, 0.4) is 0 Å². The Hall–Kier alpha value is -1.84. The van der Waals surface area contributed by atoms with Gasteiger partial charge in [0, 0.05) is 18.7 Å². The number of nitrogens with zero attached hydrogens (tertiary/aromatic N) is 1. The molecule has 1 aliphatic rings. The average molecular weight is 204 g/mol. The fourth-order valence-corrected chi connectivity index (χ4v) is 1.59. The number of hydrogen-bond donors (Lipinski definition) is 2. The molecule has 0 aliphatic carbocycles. The Labute approximate surface area is 87.7 Å². The van der Waals surface area contributed by atoms with Crippen molar-refractivity contribution in [2.24, 2.45) is 4.99 Å². The van der Waals surface area contributed by atoms with Crippen molar-refractivity contribution in [3.8, 4) is 0 Å². The molecule has 2 rings (SSSR count). The Kier molecular flexibility index (Phi) is 2.67. The Morgan fingerprint density at radius 1 is 1.40 bits per heavy atom. The number of carboxylic acid groups (broad SMARTS) is 1. The summed E-state index contributed by atoms with van der Waals surface area (Å²) in [6.45, 7) is 1.61. The summed E-state index contributed by atoms with van der Waals surface area (Å²) in [5.41, 5.74) is 0.968. The van der Waals surface area contributed by atoms with Crippen LogP contribution in [0, 0.1) is 0 Å². The van der Waals surface area contributed by atoms with Crippen LogP contribution in [0.2, 0.25) is 0 Å². The zero-order valence-electron chi connectivity index (χ0n) is 8.23. The van der Waals surface area contributed by atoms with Crippen molar-refractivity contribution in [2.45, 2.75) is 6.42 Å². The van der Waals surface area contributed by atoms with Gasteiger partial charge >= 0.3 is 5.97 Å². The van der Waals surface area contributed by atoms with Crippen molar-refractivity contribution in [3.05, 3.63) is 35.4 Å². The van der Waals surface area contributed by atoms with Gasteiger partial charge in [0.25, 0.3) is 0 Å². The first-order valence-electron chi connectivity index (χ1n) is 4.90. The predicted octanol–water partition coefficient (Wildman–Crippen LogP) is 1.12. The fourth-order valence-electron chi connectivity index (χ4n) is 1.59. The smallest absolute Gasteiger partial charge is 0.336 e. The number of amidine groups is 1. The first-order valence-corrected chi connectivity index (χ1v) is 4.90. The summed E-state index contributed by atoms with van der Waals surface area (Å²) in [5.74, 6) is -0.222. The molecule has 0 amide bonds. The minimum Gasteiger partial charge on any atom is -0.478 e. The van der Waals surface area contributed by atoms with E-state index in [0.29, 0.717) is 17.0 Å². The predicted molar refractivity (Wildman–Crippen MR) is 57.4 cm³/mol. The lowest BCUT2D eigenvalue weighted by molar-refractivity contribution is 0.0696. The van der Waals surface area contributed by atoms with Crippen molar-refractivity contribution in [1.82, 2.24) is 5.32 Å². The summed E-state index contributed by atoms with van der Waals surface area (Å²) < 4.78 is 0. The van der Waals surface area contributed by atoms with Gasteiger partial charge in [-0.1, -0.05) is 18.2 Å². The zero-order chi connectivity index (χ0) is 10.7. The van der Waals surface area contributed by atoms with E-state index in [1.807, 2.05) is 6.07 Å². The highest BCUT2D eigenvalue weighted by Gasteiger charge is 2.14. The molecule has 78 valence electrons. The molecular weight excluding hydrogens is 192 g/mol. The van der Waals surface area contributed by atoms with Crippen LogP contribution >= 0.6 is 0 Å². The maximum atomic E-state index is 11.0. The van der Waals surface area contributed by atoms with Gasteiger partial charge < -0.3 is 10.4 Å². The van der Waals surface area contributed by atoms with Crippen LogP contribution in [-0.4, -0.2) is 30.0 Å². The molecule has 0 fully saturated rings. The van der Waals surface area contributed by atoms with Crippen molar-refractivity contribution in [2.75, 3.05) is 13.1 Å². The highest BCUT2D eigenvalue weighted by molar-refractivity contribution is 6.07. The van der Waals surface area contributed by atoms with Crippen molar-refractivity contribution in [1.29, 1.82) is 0 Å². The lowest BCUT2D eigenvalue weighted by atomic mass is 10.1. The molecule has 2 N–H and O–H groups in total. The first kappa shape index (κ1) is 9.71. The van der Waals surface area contributed by atoms with Crippen LogP contribution in [0.1, 0.15) is 22.3 Å². The number of rotatable bonds is 2. The van der Waals surface area contributed by atoms with Gasteiger partial charge in [-0.3, -0.25) is 4.99 Å². The van der Waals surface area contributed by atoms with E-state index < -0.39 is 5.97 Å². The van der Waals surface area contributed by atoms with Crippen LogP contribution in [-0.2, 0) is 0 Å². The number of aliphatic imine (C=N–C) groups is 1. The zero-order valence-corrected chi connectivity index (χ0v) is 8.23. The molecule has 0 bridgehead atoms. The van der Waals surface area contributed by atoms with Gasteiger partial charge in [0.15, 0.2) is 0 Å². The van der Waals surface area contributed by atoms with Gasteiger partial charge in [-0.15, -0.1) is 0 Å². The molecule has 0 spiro atoms. The summed E-state index contributed by atoms with van der Waals surface area (Å²) >= 11 is 0. The highest BCUT2D eigenvalue weighted by atomic mass is 16.4. The van der Waals surface area contributed by atoms with Crippen molar-refractivity contribution in [3.63, 3.8) is 0 Å². The molecule has 0 aromatic heterocycles. The lowest BCUT2D eigenvalue weighted by Crippen LogP contribution is -2.31. The number of nitrogens with one attached hydrogen (secondary N) is 1. The third kappa shape index (κ3) is 1.98. The topological polar surface area (TPSA) is 61.7 Å². The van der Waals surface area contributed by atoms with E-state index in [1.54, 1.807) is 18.2 Å². The molecule has 1 heterocycles. The van der Waals surface area contributed by atoms with Crippen LogP contribution in [0.25, 0.3) is 0 Å². The first-order chi connectivity index (χ1) is 7.29. The molecule has 0 radical (unpaired) electrons. The Morgan fingerprint density at radius 3 is 2.87 bits per heavy atom. The van der Waals surface area contributed by atoms with Crippen LogP contribution < -0.4 is 5.32 Å². The van der Waals surface area contributed by atoms with E-state index >= 15 is 0 Å². The van der Waals surface area contributed by atoms with Gasteiger partial charge in [0.05, 0.1) is 5.56 Å². The van der Waals surface area contributed by atoms with Crippen molar-refractivity contribution < 1.29 is 9.90 Å². The van der Waals surface area contributed by atoms with Crippen molar-refractivity contribution >= 4 is 11.8 Å². The molecular formula is C11H12N2O2. The summed E-state index contributed by atoms with van der Waals surface area (Å²) in [7, 11) is 0. The Bertz CT molecular complexity index is 413. The molecule has 15 heavy (non-hydrogen) atoms. The maximum Gasteiger partial charge on any atom is 0.336 e. The van der Waals surface area contributed by atoms with E-state index in [9.17, 15) is 4.79 Å². The third-order valence-corrected chi connectivity index (χ3v) is 2.31. The summed E-state index contributed by atoms with van der Waals surface area (Å²) in [4.78, 5) is 15.3.